The Morgan fingerprint density at radius 2 is 2.15 bits per heavy atom. The van der Waals surface area contributed by atoms with Crippen LogP contribution in [0.4, 0.5) is 0 Å². The van der Waals surface area contributed by atoms with E-state index in [0.29, 0.717) is 12.3 Å². The number of carbonyl (C=O) groups is 1. The van der Waals surface area contributed by atoms with Gasteiger partial charge in [0, 0.05) is 6.54 Å². The summed E-state index contributed by atoms with van der Waals surface area (Å²) in [6, 6.07) is 0. The van der Waals surface area contributed by atoms with Gasteiger partial charge in [-0.15, -0.1) is 0 Å². The summed E-state index contributed by atoms with van der Waals surface area (Å²) in [5, 5.41) is 2.59. The summed E-state index contributed by atoms with van der Waals surface area (Å²) >= 11 is 0. The summed E-state index contributed by atoms with van der Waals surface area (Å²) in [6.07, 6.45) is 2.91. The zero-order chi connectivity index (χ0) is 9.68. The second-order valence-electron chi connectivity index (χ2n) is 2.31. The summed E-state index contributed by atoms with van der Waals surface area (Å²) in [7, 11) is 1.52. The predicted octanol–water partition coefficient (Wildman–Crippen LogP) is 0.235. The Bertz CT molecular complexity index is 284. The first-order chi connectivity index (χ1) is 6.27. The first kappa shape index (κ1) is 9.44. The molecule has 5 heteroatoms. The van der Waals surface area contributed by atoms with Gasteiger partial charge in [0.2, 0.25) is 5.82 Å². The third-order valence-corrected chi connectivity index (χ3v) is 1.40. The second-order valence-corrected chi connectivity index (χ2v) is 2.31. The lowest BCUT2D eigenvalue weighted by Gasteiger charge is -2.01. The van der Waals surface area contributed by atoms with Gasteiger partial charge in [-0.2, -0.15) is 0 Å². The highest BCUT2D eigenvalue weighted by molar-refractivity contribution is 5.90. The minimum Gasteiger partial charge on any atom is -0.494 e. The van der Waals surface area contributed by atoms with Crippen LogP contribution in [0.5, 0.6) is 5.75 Å². The quantitative estimate of drug-likeness (QED) is 0.725. The molecule has 0 aliphatic heterocycles. The molecule has 0 saturated heterocycles. The van der Waals surface area contributed by atoms with Gasteiger partial charge in [0.1, 0.15) is 0 Å². The standard InChI is InChI=1S/C8H11N3O2/c1-3-9-8(12)7-10-4-6(13-2)5-11-7/h4-5H,3H2,1-2H3,(H,9,12). The number of amides is 1. The van der Waals surface area contributed by atoms with Gasteiger partial charge in [0.05, 0.1) is 19.5 Å². The van der Waals surface area contributed by atoms with E-state index in [2.05, 4.69) is 15.3 Å². The molecular weight excluding hydrogens is 170 g/mol. The number of hydrogen-bond donors (Lipinski definition) is 1. The lowest BCUT2D eigenvalue weighted by Crippen LogP contribution is -2.24. The molecule has 1 N–H and O–H groups in total. The number of carbonyl (C=O) groups excluding carboxylic acids is 1. The molecule has 0 aromatic carbocycles. The zero-order valence-electron chi connectivity index (χ0n) is 7.57. The minimum atomic E-state index is -0.273. The van der Waals surface area contributed by atoms with Crippen molar-refractivity contribution in [1.29, 1.82) is 0 Å². The Balaban J connectivity index is 2.74. The largest absolute Gasteiger partial charge is 0.494 e. The maximum atomic E-state index is 11.2. The molecule has 70 valence electrons. The van der Waals surface area contributed by atoms with Crippen molar-refractivity contribution in [2.75, 3.05) is 13.7 Å². The molecule has 0 atom stereocenters. The lowest BCUT2D eigenvalue weighted by molar-refractivity contribution is 0.0945. The van der Waals surface area contributed by atoms with Gasteiger partial charge < -0.3 is 10.1 Å². The van der Waals surface area contributed by atoms with E-state index < -0.39 is 0 Å². The first-order valence-electron chi connectivity index (χ1n) is 3.92. The maximum absolute atomic E-state index is 11.2. The van der Waals surface area contributed by atoms with Crippen LogP contribution in [0.3, 0.4) is 0 Å². The van der Waals surface area contributed by atoms with Crippen LogP contribution in [-0.4, -0.2) is 29.5 Å². The zero-order valence-corrected chi connectivity index (χ0v) is 7.57. The van der Waals surface area contributed by atoms with E-state index in [1.54, 1.807) is 0 Å². The van der Waals surface area contributed by atoms with E-state index in [9.17, 15) is 4.79 Å². The van der Waals surface area contributed by atoms with Crippen LogP contribution in [-0.2, 0) is 0 Å². The number of hydrogen-bond acceptors (Lipinski definition) is 4. The molecule has 13 heavy (non-hydrogen) atoms. The summed E-state index contributed by atoms with van der Waals surface area (Å²) in [6.45, 7) is 2.40. The lowest BCUT2D eigenvalue weighted by atomic mass is 10.5. The van der Waals surface area contributed by atoms with E-state index in [1.807, 2.05) is 6.92 Å². The van der Waals surface area contributed by atoms with Crippen LogP contribution in [0.1, 0.15) is 17.5 Å². The third kappa shape index (κ3) is 2.40. The minimum absolute atomic E-state index is 0.155. The molecule has 0 bridgehead atoms. The Labute approximate surface area is 76.2 Å². The highest BCUT2D eigenvalue weighted by atomic mass is 16.5. The van der Waals surface area contributed by atoms with Crippen molar-refractivity contribution in [2.45, 2.75) is 6.92 Å². The maximum Gasteiger partial charge on any atom is 0.289 e. The summed E-state index contributed by atoms with van der Waals surface area (Å²) in [5.41, 5.74) is 0. The highest BCUT2D eigenvalue weighted by Gasteiger charge is 2.06. The topological polar surface area (TPSA) is 64.1 Å². The summed E-state index contributed by atoms with van der Waals surface area (Å²) in [5.74, 6) is 0.417. The molecular formula is C8H11N3O2. The molecule has 1 aromatic rings. The number of ether oxygens (including phenoxy) is 1. The number of methoxy groups -OCH3 is 1. The fourth-order valence-corrected chi connectivity index (χ4v) is 0.778. The van der Waals surface area contributed by atoms with Crippen LogP contribution in [0.15, 0.2) is 12.4 Å². The SMILES string of the molecule is CCNC(=O)c1ncc(OC)cn1. The number of nitrogens with one attached hydrogen (secondary N) is 1. The average molecular weight is 181 g/mol. The Hall–Kier alpha value is -1.65. The molecule has 1 amide bonds. The molecule has 0 aliphatic rings. The molecule has 1 heterocycles. The van der Waals surface area contributed by atoms with Gasteiger partial charge >= 0.3 is 0 Å². The molecule has 0 unspecified atom stereocenters. The van der Waals surface area contributed by atoms with Crippen molar-refractivity contribution in [3.8, 4) is 5.75 Å². The monoisotopic (exact) mass is 181 g/mol. The molecule has 0 radical (unpaired) electrons. The average Bonchev–Trinajstić information content (AvgIpc) is 2.18. The third-order valence-electron chi connectivity index (χ3n) is 1.40. The molecule has 5 nitrogen and oxygen atoms in total. The summed E-state index contributed by atoms with van der Waals surface area (Å²) < 4.78 is 4.85. The van der Waals surface area contributed by atoms with Crippen molar-refractivity contribution in [1.82, 2.24) is 15.3 Å². The molecule has 0 saturated carbocycles. The van der Waals surface area contributed by atoms with Gasteiger partial charge in [-0.3, -0.25) is 4.79 Å². The van der Waals surface area contributed by atoms with Crippen LogP contribution in [0.2, 0.25) is 0 Å². The Morgan fingerprint density at radius 1 is 1.54 bits per heavy atom. The number of nitrogens with zero attached hydrogens (tertiary/aromatic N) is 2. The van der Waals surface area contributed by atoms with Gasteiger partial charge in [-0.1, -0.05) is 0 Å². The molecule has 0 fully saturated rings. The van der Waals surface area contributed by atoms with Gasteiger partial charge in [0.15, 0.2) is 5.75 Å². The van der Waals surface area contributed by atoms with Crippen molar-refractivity contribution in [3.63, 3.8) is 0 Å². The Kier molecular flexibility index (Phi) is 3.19. The Morgan fingerprint density at radius 3 is 2.62 bits per heavy atom. The van der Waals surface area contributed by atoms with Gasteiger partial charge in [-0.05, 0) is 6.92 Å². The molecule has 0 aliphatic carbocycles. The highest BCUT2D eigenvalue weighted by Crippen LogP contribution is 2.03. The molecule has 1 rings (SSSR count). The fourth-order valence-electron chi connectivity index (χ4n) is 0.778. The summed E-state index contributed by atoms with van der Waals surface area (Å²) in [4.78, 5) is 18.8. The number of rotatable bonds is 3. The van der Waals surface area contributed by atoms with Crippen LogP contribution in [0, 0.1) is 0 Å². The van der Waals surface area contributed by atoms with Crippen LogP contribution in [0.25, 0.3) is 0 Å². The number of aromatic nitrogens is 2. The van der Waals surface area contributed by atoms with Crippen molar-refractivity contribution >= 4 is 5.91 Å². The van der Waals surface area contributed by atoms with E-state index >= 15 is 0 Å². The van der Waals surface area contributed by atoms with Crippen LogP contribution < -0.4 is 10.1 Å². The van der Waals surface area contributed by atoms with E-state index in [4.69, 9.17) is 4.74 Å². The van der Waals surface area contributed by atoms with Crippen LogP contribution >= 0.6 is 0 Å². The van der Waals surface area contributed by atoms with Crippen molar-refractivity contribution in [2.24, 2.45) is 0 Å². The first-order valence-corrected chi connectivity index (χ1v) is 3.92. The van der Waals surface area contributed by atoms with Crippen molar-refractivity contribution in [3.05, 3.63) is 18.2 Å². The van der Waals surface area contributed by atoms with E-state index in [0.717, 1.165) is 0 Å². The van der Waals surface area contributed by atoms with Gasteiger partial charge in [0.25, 0.3) is 5.91 Å². The normalized spacial score (nSPS) is 9.38. The molecule has 1 aromatic heterocycles. The predicted molar refractivity (Wildman–Crippen MR) is 46.6 cm³/mol. The smallest absolute Gasteiger partial charge is 0.289 e. The van der Waals surface area contributed by atoms with Crippen molar-refractivity contribution < 1.29 is 9.53 Å². The van der Waals surface area contributed by atoms with E-state index in [-0.39, 0.29) is 11.7 Å². The second kappa shape index (κ2) is 4.39. The molecule has 0 spiro atoms. The van der Waals surface area contributed by atoms with E-state index in [1.165, 1.54) is 19.5 Å². The fraction of sp³-hybridized carbons (Fsp3) is 0.375. The van der Waals surface area contributed by atoms with Gasteiger partial charge in [-0.25, -0.2) is 9.97 Å².